The van der Waals surface area contributed by atoms with Gasteiger partial charge < -0.3 is 51.2 Å². The lowest BCUT2D eigenvalue weighted by atomic mass is 9.98. The number of aliphatic carboxylic acids is 2. The highest BCUT2D eigenvalue weighted by Gasteiger charge is 2.22. The highest BCUT2D eigenvalue weighted by molar-refractivity contribution is 5.85. The van der Waals surface area contributed by atoms with Crippen LogP contribution in [0.1, 0.15) is 163 Å². The van der Waals surface area contributed by atoms with E-state index in [2.05, 4.69) is 21.3 Å². The number of ketones is 1. The van der Waals surface area contributed by atoms with Crippen molar-refractivity contribution in [3.8, 4) is 0 Å². The summed E-state index contributed by atoms with van der Waals surface area (Å²) < 4.78 is 11.2. The summed E-state index contributed by atoms with van der Waals surface area (Å²) in [5.41, 5.74) is 5.92. The van der Waals surface area contributed by atoms with Gasteiger partial charge in [-0.3, -0.25) is 28.8 Å². The first kappa shape index (κ1) is 61.4. The fourth-order valence-electron chi connectivity index (χ4n) is 6.58. The minimum atomic E-state index is -1.18. The summed E-state index contributed by atoms with van der Waals surface area (Å²) in [5, 5.41) is 29.1. The Hall–Kier alpha value is -3.67. The van der Waals surface area contributed by atoms with Crippen molar-refractivity contribution in [3.05, 3.63) is 0 Å². The molecule has 2 atom stereocenters. The van der Waals surface area contributed by atoms with Crippen LogP contribution in [-0.4, -0.2) is 141 Å². The summed E-state index contributed by atoms with van der Waals surface area (Å²) in [6.07, 6.45) is 17.6. The third-order valence-corrected chi connectivity index (χ3v) is 10.3. The van der Waals surface area contributed by atoms with Crippen LogP contribution in [0.25, 0.3) is 0 Å². The van der Waals surface area contributed by atoms with Gasteiger partial charge in [0.1, 0.15) is 12.6 Å². The van der Waals surface area contributed by atoms with Crippen molar-refractivity contribution in [2.45, 2.75) is 175 Å². The Morgan fingerprint density at radius 2 is 1.06 bits per heavy atom. The van der Waals surface area contributed by atoms with Gasteiger partial charge in [-0.1, -0.05) is 105 Å². The quantitative estimate of drug-likeness (QED) is 0.0320. The number of ether oxygens (including phenoxy) is 2. The van der Waals surface area contributed by atoms with Gasteiger partial charge in [0.25, 0.3) is 5.91 Å². The van der Waals surface area contributed by atoms with Gasteiger partial charge >= 0.3 is 11.9 Å². The molecule has 17 nitrogen and oxygen atoms in total. The lowest BCUT2D eigenvalue weighted by Gasteiger charge is -2.29. The molecule has 0 radical (unpaired) electrons. The van der Waals surface area contributed by atoms with E-state index in [4.69, 9.17) is 20.3 Å². The second kappa shape index (κ2) is 41.1. The summed E-state index contributed by atoms with van der Waals surface area (Å²) in [6, 6.07) is -1.60. The first-order chi connectivity index (χ1) is 30.0. The lowest BCUT2D eigenvalue weighted by Crippen LogP contribution is -2.51. The van der Waals surface area contributed by atoms with Crippen LogP contribution in [0.2, 0.25) is 0 Å². The van der Waals surface area contributed by atoms with Gasteiger partial charge in [0.05, 0.1) is 53.0 Å². The average Bonchev–Trinajstić information content (AvgIpc) is 3.22. The predicted octanol–water partition coefficient (Wildman–Crippen LogP) is 4.87. The molecule has 17 heteroatoms. The number of nitrogens with one attached hydrogen (secondary N) is 4. The van der Waals surface area contributed by atoms with Crippen LogP contribution in [0.5, 0.6) is 0 Å². The van der Waals surface area contributed by atoms with Crippen molar-refractivity contribution in [1.82, 2.24) is 21.3 Å². The molecule has 4 amide bonds. The molecule has 63 heavy (non-hydrogen) atoms. The number of Topliss-reactive ketones (excluding diaryl/α,β-unsaturated/α-hetero) is 1. The van der Waals surface area contributed by atoms with E-state index in [0.717, 1.165) is 51.4 Å². The average molecular weight is 902 g/mol. The van der Waals surface area contributed by atoms with Crippen LogP contribution >= 0.6 is 0 Å². The fourth-order valence-corrected chi connectivity index (χ4v) is 6.58. The van der Waals surface area contributed by atoms with Gasteiger partial charge in [-0.25, -0.2) is 4.79 Å². The Labute approximate surface area is 379 Å². The zero-order chi connectivity index (χ0) is 47.7. The number of likely N-dealkylation sites (N-methyl/N-ethyl adjacent to an activating group) is 1. The first-order valence-corrected chi connectivity index (χ1v) is 23.8. The standard InChI is InChI=1S/C44H82N6O11.C2H6/c1-35(2)43(57)36(45)21-19-20-26-46-40(53)33-50(3,4)29-27-47-41(54)34-61-32-31-60-30-28-48-38(51)25-24-37(44(58)59)49-39(52)22-17-15-13-11-9-7-5-6-8-10-12-14-16-18-23-42(55)56;1-2/h35-37H,5-34,45H2,1-4H3,(H5-,46,47,48,49,51,52,53,54,55,56,58,59);1-2H3/p+1. The number of carbonyl (C=O) groups excluding carboxylic acids is 5. The largest absolute Gasteiger partial charge is 0.481 e. The monoisotopic (exact) mass is 902 g/mol. The molecule has 0 spiro atoms. The first-order valence-electron chi connectivity index (χ1n) is 23.8. The number of amides is 4. The number of rotatable bonds is 42. The van der Waals surface area contributed by atoms with Crippen molar-refractivity contribution in [3.63, 3.8) is 0 Å². The van der Waals surface area contributed by atoms with E-state index in [1.807, 2.05) is 41.8 Å². The molecule has 0 aliphatic rings. The summed E-state index contributed by atoms with van der Waals surface area (Å²) in [5.74, 6) is -2.98. The number of unbranched alkanes of at least 4 members (excludes halogenated alkanes) is 14. The molecule has 0 heterocycles. The topological polar surface area (TPSA) is 253 Å². The van der Waals surface area contributed by atoms with Crippen LogP contribution in [0.3, 0.4) is 0 Å². The highest BCUT2D eigenvalue weighted by atomic mass is 16.5. The van der Waals surface area contributed by atoms with Crippen molar-refractivity contribution in [1.29, 1.82) is 0 Å². The minimum Gasteiger partial charge on any atom is -0.481 e. The van der Waals surface area contributed by atoms with Crippen LogP contribution in [0.15, 0.2) is 0 Å². The maximum atomic E-state index is 12.4. The van der Waals surface area contributed by atoms with Crippen molar-refractivity contribution < 1.29 is 57.7 Å². The van der Waals surface area contributed by atoms with Gasteiger partial charge in [0, 0.05) is 38.3 Å². The molecule has 8 N–H and O–H groups in total. The molecule has 0 bridgehead atoms. The number of nitrogens with two attached hydrogens (primary N) is 1. The molecule has 0 aromatic carbocycles. The van der Waals surface area contributed by atoms with Crippen LogP contribution < -0.4 is 27.0 Å². The molecule has 0 aliphatic heterocycles. The molecular formula is C46H89N6O11+. The number of quaternary nitrogens is 1. The van der Waals surface area contributed by atoms with Gasteiger partial charge in [-0.2, -0.15) is 0 Å². The zero-order valence-corrected chi connectivity index (χ0v) is 40.0. The summed E-state index contributed by atoms with van der Waals surface area (Å²) >= 11 is 0. The van der Waals surface area contributed by atoms with E-state index in [1.54, 1.807) is 0 Å². The molecular weight excluding hydrogens is 813 g/mol. The molecule has 368 valence electrons. The van der Waals surface area contributed by atoms with Gasteiger partial charge in [-0.15, -0.1) is 0 Å². The van der Waals surface area contributed by atoms with Gasteiger partial charge in [0.2, 0.25) is 17.7 Å². The number of nitrogens with zero attached hydrogens (tertiary/aromatic N) is 1. The molecule has 0 aromatic heterocycles. The van der Waals surface area contributed by atoms with Crippen LogP contribution in [0, 0.1) is 5.92 Å². The Bertz CT molecular complexity index is 1250. The Morgan fingerprint density at radius 1 is 0.556 bits per heavy atom. The van der Waals surface area contributed by atoms with E-state index in [9.17, 15) is 38.7 Å². The van der Waals surface area contributed by atoms with Crippen LogP contribution in [0.4, 0.5) is 0 Å². The molecule has 2 unspecified atom stereocenters. The SMILES string of the molecule is CC.CC(C)C(=O)C(N)CCCCNC(=O)C[N+](C)(C)CCNC(=O)COCCOCCNC(=O)CCC(NC(=O)CCCCCCCCCCCCCCCCC(=O)O)C(=O)O. The third kappa shape index (κ3) is 40.8. The van der Waals surface area contributed by atoms with E-state index in [1.165, 1.54) is 44.9 Å². The molecule has 0 rings (SSSR count). The molecule has 0 aromatic rings. The molecule has 0 fully saturated rings. The van der Waals surface area contributed by atoms with E-state index < -0.39 is 24.0 Å². The number of carbonyl (C=O) groups is 7. The smallest absolute Gasteiger partial charge is 0.326 e. The van der Waals surface area contributed by atoms with Crippen molar-refractivity contribution in [2.75, 3.05) is 73.2 Å². The van der Waals surface area contributed by atoms with E-state index in [-0.39, 0.29) is 101 Å². The van der Waals surface area contributed by atoms with E-state index in [0.29, 0.717) is 37.0 Å². The number of carboxylic acids is 2. The Kier molecular flexibility index (Phi) is 40.0. The Balaban J connectivity index is 0. The highest BCUT2D eigenvalue weighted by Crippen LogP contribution is 2.14. The molecule has 0 aliphatic carbocycles. The summed E-state index contributed by atoms with van der Waals surface area (Å²) in [7, 11) is 3.81. The van der Waals surface area contributed by atoms with Gasteiger partial charge in [0.15, 0.2) is 12.3 Å². The van der Waals surface area contributed by atoms with Crippen LogP contribution in [-0.2, 0) is 43.0 Å². The minimum absolute atomic E-state index is 0.0248. The fraction of sp³-hybridized carbons (Fsp3) is 0.848. The van der Waals surface area contributed by atoms with Crippen molar-refractivity contribution >= 4 is 41.4 Å². The second-order valence-electron chi connectivity index (χ2n) is 17.0. The lowest BCUT2D eigenvalue weighted by molar-refractivity contribution is -0.881. The number of hydrogen-bond acceptors (Lipinski definition) is 10. The molecule has 0 saturated carbocycles. The maximum Gasteiger partial charge on any atom is 0.326 e. The zero-order valence-electron chi connectivity index (χ0n) is 40.0. The summed E-state index contributed by atoms with van der Waals surface area (Å²) in [6.45, 7) is 9.99. The normalized spacial score (nSPS) is 12.1. The number of hydrogen-bond donors (Lipinski definition) is 7. The molecule has 0 saturated heterocycles. The second-order valence-corrected chi connectivity index (χ2v) is 17.0. The Morgan fingerprint density at radius 3 is 1.60 bits per heavy atom. The maximum absolute atomic E-state index is 12.4. The summed E-state index contributed by atoms with van der Waals surface area (Å²) in [4.78, 5) is 83.2. The van der Waals surface area contributed by atoms with Gasteiger partial charge in [-0.05, 0) is 38.5 Å². The van der Waals surface area contributed by atoms with E-state index >= 15 is 0 Å². The third-order valence-electron chi connectivity index (χ3n) is 10.3. The van der Waals surface area contributed by atoms with Crippen molar-refractivity contribution in [2.24, 2.45) is 11.7 Å². The predicted molar refractivity (Wildman–Crippen MR) is 246 cm³/mol. The number of carboxylic acid groups (broad SMARTS) is 2.